The van der Waals surface area contributed by atoms with Gasteiger partial charge in [0.2, 0.25) is 0 Å². The zero-order chi connectivity index (χ0) is 24.7. The Morgan fingerprint density at radius 3 is 2.42 bits per heavy atom. The van der Waals surface area contributed by atoms with Crippen LogP contribution in [0.2, 0.25) is 0 Å². The monoisotopic (exact) mass is 483 g/mol. The molecule has 0 aliphatic carbocycles. The fraction of sp³-hybridized carbons (Fsp3) is 0.345. The van der Waals surface area contributed by atoms with Crippen molar-refractivity contribution in [3.63, 3.8) is 0 Å². The average Bonchev–Trinajstić information content (AvgIpc) is 3.56. The maximum atomic E-state index is 11.1. The van der Waals surface area contributed by atoms with E-state index in [9.17, 15) is 4.79 Å². The molecule has 36 heavy (non-hydrogen) atoms. The maximum absolute atomic E-state index is 11.1. The minimum Gasteiger partial charge on any atom is -0.373 e. The summed E-state index contributed by atoms with van der Waals surface area (Å²) in [6, 6.07) is 23.0. The lowest BCUT2D eigenvalue weighted by Gasteiger charge is -2.32. The summed E-state index contributed by atoms with van der Waals surface area (Å²) in [5.74, 6) is 0. The van der Waals surface area contributed by atoms with Crippen molar-refractivity contribution in [2.24, 2.45) is 0 Å². The minimum atomic E-state index is 0.497. The second-order valence-electron chi connectivity index (χ2n) is 9.39. The summed E-state index contributed by atoms with van der Waals surface area (Å²) in [7, 11) is 2.23. The lowest BCUT2D eigenvalue weighted by Crippen LogP contribution is -2.39. The van der Waals surface area contributed by atoms with Crippen LogP contribution in [0.4, 0.5) is 0 Å². The predicted molar refractivity (Wildman–Crippen MR) is 141 cm³/mol. The number of aldehydes is 1. The third-order valence-electron chi connectivity index (χ3n) is 6.97. The SMILES string of the molecule is CN1CCCCC1Cn1ccc(-c2ccccc2)n1.O=Cc1nn2c(c1-c1ccccc1)COCC2. The van der Waals surface area contributed by atoms with Gasteiger partial charge in [-0.1, -0.05) is 67.1 Å². The van der Waals surface area contributed by atoms with Crippen LogP contribution in [0, 0.1) is 0 Å². The largest absolute Gasteiger partial charge is 0.373 e. The molecule has 1 saturated heterocycles. The Bertz CT molecular complexity index is 1270. The highest BCUT2D eigenvalue weighted by Crippen LogP contribution is 2.29. The highest BCUT2D eigenvalue weighted by molar-refractivity contribution is 5.86. The zero-order valence-corrected chi connectivity index (χ0v) is 20.8. The number of nitrogens with zero attached hydrogens (tertiary/aromatic N) is 5. The van der Waals surface area contributed by atoms with Gasteiger partial charge in [-0.3, -0.25) is 14.2 Å². The molecular formula is C29H33N5O2. The lowest BCUT2D eigenvalue weighted by atomic mass is 10.0. The molecule has 186 valence electrons. The fourth-order valence-corrected chi connectivity index (χ4v) is 4.99. The molecule has 1 fully saturated rings. The highest BCUT2D eigenvalue weighted by Gasteiger charge is 2.21. The molecule has 0 spiro atoms. The molecule has 1 unspecified atom stereocenters. The van der Waals surface area contributed by atoms with Crippen LogP contribution in [0.15, 0.2) is 72.9 Å². The Balaban J connectivity index is 0.000000149. The van der Waals surface area contributed by atoms with Crippen molar-refractivity contribution < 1.29 is 9.53 Å². The van der Waals surface area contributed by atoms with Gasteiger partial charge in [0.1, 0.15) is 5.69 Å². The van der Waals surface area contributed by atoms with Crippen molar-refractivity contribution in [3.05, 3.63) is 84.3 Å². The van der Waals surface area contributed by atoms with Gasteiger partial charge in [0, 0.05) is 23.4 Å². The first-order chi connectivity index (χ1) is 17.7. The number of benzene rings is 2. The van der Waals surface area contributed by atoms with E-state index in [0.29, 0.717) is 31.5 Å². The van der Waals surface area contributed by atoms with Gasteiger partial charge >= 0.3 is 0 Å². The number of piperidine rings is 1. The van der Waals surface area contributed by atoms with Crippen LogP contribution in [0.25, 0.3) is 22.4 Å². The van der Waals surface area contributed by atoms with Crippen LogP contribution in [-0.2, 0) is 24.4 Å². The second kappa shape index (κ2) is 11.5. The van der Waals surface area contributed by atoms with E-state index in [2.05, 4.69) is 58.3 Å². The van der Waals surface area contributed by atoms with Crippen LogP contribution in [0.3, 0.4) is 0 Å². The van der Waals surface area contributed by atoms with Gasteiger partial charge in [-0.15, -0.1) is 0 Å². The standard InChI is InChI=1S/C16H21N3.C13H12N2O2/c1-18-11-6-5-9-15(18)13-19-12-10-16(17-19)14-7-3-2-4-8-14;16-8-11-13(10-4-2-1-3-5-10)12-9-17-7-6-15(12)14-11/h2-4,7-8,10,12,15H,5-6,9,11,13H2,1H3;1-5,8H,6-7,9H2. The number of ether oxygens (including phenoxy) is 1. The third-order valence-corrected chi connectivity index (χ3v) is 6.97. The first-order valence-electron chi connectivity index (χ1n) is 12.7. The molecular weight excluding hydrogens is 450 g/mol. The molecule has 4 aromatic rings. The predicted octanol–water partition coefficient (Wildman–Crippen LogP) is 4.93. The van der Waals surface area contributed by atoms with Crippen LogP contribution in [0.5, 0.6) is 0 Å². The van der Waals surface area contributed by atoms with E-state index in [0.717, 1.165) is 35.3 Å². The molecule has 7 heteroatoms. The lowest BCUT2D eigenvalue weighted by molar-refractivity contribution is 0.0803. The minimum absolute atomic E-state index is 0.497. The number of aromatic nitrogens is 4. The second-order valence-corrected chi connectivity index (χ2v) is 9.39. The summed E-state index contributed by atoms with van der Waals surface area (Å²) in [5, 5.41) is 9.01. The van der Waals surface area contributed by atoms with E-state index in [1.165, 1.54) is 31.4 Å². The molecule has 2 aromatic heterocycles. The third kappa shape index (κ3) is 5.48. The normalized spacial score (nSPS) is 17.6. The molecule has 2 aromatic carbocycles. The molecule has 0 radical (unpaired) electrons. The van der Waals surface area contributed by atoms with Gasteiger partial charge in [0.25, 0.3) is 0 Å². The zero-order valence-electron chi connectivity index (χ0n) is 20.8. The number of carbonyl (C=O) groups excluding carboxylic acids is 1. The topological polar surface area (TPSA) is 65.2 Å². The molecule has 0 amide bonds. The van der Waals surface area contributed by atoms with Crippen LogP contribution >= 0.6 is 0 Å². The number of rotatable bonds is 5. The van der Waals surface area contributed by atoms with Crippen molar-refractivity contribution in [1.82, 2.24) is 24.5 Å². The van der Waals surface area contributed by atoms with Crippen LogP contribution < -0.4 is 0 Å². The van der Waals surface area contributed by atoms with E-state index >= 15 is 0 Å². The first kappa shape index (κ1) is 24.2. The number of likely N-dealkylation sites (tertiary alicyclic amines) is 1. The number of hydrogen-bond acceptors (Lipinski definition) is 5. The Morgan fingerprint density at radius 2 is 1.69 bits per heavy atom. The summed E-state index contributed by atoms with van der Waals surface area (Å²) in [6.45, 7) is 4.11. The van der Waals surface area contributed by atoms with Gasteiger partial charge in [-0.25, -0.2) is 0 Å². The number of fused-ring (bicyclic) bond motifs is 1. The summed E-state index contributed by atoms with van der Waals surface area (Å²) in [4.78, 5) is 13.6. The van der Waals surface area contributed by atoms with Crippen molar-refractivity contribution in [2.75, 3.05) is 20.2 Å². The molecule has 2 aliphatic rings. The van der Waals surface area contributed by atoms with Crippen molar-refractivity contribution in [3.8, 4) is 22.4 Å². The van der Waals surface area contributed by atoms with Crippen LogP contribution in [-0.4, -0.2) is 57.0 Å². The van der Waals surface area contributed by atoms with Crippen molar-refractivity contribution in [2.45, 2.75) is 45.0 Å². The molecule has 0 N–H and O–H groups in total. The molecule has 2 aliphatic heterocycles. The maximum Gasteiger partial charge on any atom is 0.170 e. The van der Waals surface area contributed by atoms with E-state index in [1.54, 1.807) is 0 Å². The van der Waals surface area contributed by atoms with Gasteiger partial charge in [0.05, 0.1) is 37.7 Å². The summed E-state index contributed by atoms with van der Waals surface area (Å²) < 4.78 is 9.40. The molecule has 7 nitrogen and oxygen atoms in total. The smallest absolute Gasteiger partial charge is 0.170 e. The quantitative estimate of drug-likeness (QED) is 0.377. The van der Waals surface area contributed by atoms with Gasteiger partial charge in [-0.2, -0.15) is 10.2 Å². The molecule has 1 atom stereocenters. The Morgan fingerprint density at radius 1 is 0.944 bits per heavy atom. The van der Waals surface area contributed by atoms with Gasteiger partial charge in [-0.05, 0) is 38.1 Å². The Kier molecular flexibility index (Phi) is 7.69. The fourth-order valence-electron chi connectivity index (χ4n) is 4.99. The summed E-state index contributed by atoms with van der Waals surface area (Å²) in [6.07, 6.45) is 6.89. The van der Waals surface area contributed by atoms with Gasteiger partial charge < -0.3 is 9.64 Å². The van der Waals surface area contributed by atoms with E-state index in [4.69, 9.17) is 9.84 Å². The van der Waals surface area contributed by atoms with Gasteiger partial charge in [0.15, 0.2) is 6.29 Å². The Labute approximate surface area is 212 Å². The van der Waals surface area contributed by atoms with E-state index in [1.807, 2.05) is 41.1 Å². The molecule has 4 heterocycles. The summed E-state index contributed by atoms with van der Waals surface area (Å²) >= 11 is 0. The van der Waals surface area contributed by atoms with E-state index < -0.39 is 0 Å². The van der Waals surface area contributed by atoms with Crippen molar-refractivity contribution in [1.29, 1.82) is 0 Å². The molecule has 6 rings (SSSR count). The summed E-state index contributed by atoms with van der Waals surface area (Å²) in [5.41, 5.74) is 5.67. The average molecular weight is 484 g/mol. The number of hydrogen-bond donors (Lipinski definition) is 0. The molecule has 0 bridgehead atoms. The Hall–Kier alpha value is -3.55. The van der Waals surface area contributed by atoms with Crippen LogP contribution in [0.1, 0.15) is 35.4 Å². The molecule has 0 saturated carbocycles. The van der Waals surface area contributed by atoms with E-state index in [-0.39, 0.29) is 0 Å². The number of carbonyl (C=O) groups is 1. The van der Waals surface area contributed by atoms with Crippen molar-refractivity contribution >= 4 is 6.29 Å². The highest BCUT2D eigenvalue weighted by atomic mass is 16.5. The number of likely N-dealkylation sites (N-methyl/N-ethyl adjacent to an activating group) is 1. The first-order valence-corrected chi connectivity index (χ1v) is 12.7.